The van der Waals surface area contributed by atoms with Gasteiger partial charge < -0.3 is 9.64 Å². The Kier molecular flexibility index (Phi) is 3.44. The number of hydrogen-bond acceptors (Lipinski definition) is 4. The van der Waals surface area contributed by atoms with E-state index >= 15 is 0 Å². The van der Waals surface area contributed by atoms with Crippen LogP contribution in [0.2, 0.25) is 0 Å². The van der Waals surface area contributed by atoms with Crippen LogP contribution in [0.15, 0.2) is 18.2 Å². The summed E-state index contributed by atoms with van der Waals surface area (Å²) < 4.78 is 52.7. The van der Waals surface area contributed by atoms with Crippen molar-refractivity contribution < 1.29 is 26.2 Å². The molecule has 0 N–H and O–H groups in total. The lowest BCUT2D eigenvalue weighted by atomic mass is 10.2. The predicted octanol–water partition coefficient (Wildman–Crippen LogP) is 1.24. The van der Waals surface area contributed by atoms with Gasteiger partial charge in [0.15, 0.2) is 11.6 Å². The van der Waals surface area contributed by atoms with Gasteiger partial charge >= 0.3 is 10.2 Å². The van der Waals surface area contributed by atoms with Crippen LogP contribution in [0.25, 0.3) is 0 Å². The van der Waals surface area contributed by atoms with Crippen LogP contribution in [0.3, 0.4) is 0 Å². The topological polar surface area (TPSA) is 63.7 Å². The molecule has 1 amide bonds. The number of amides is 1. The molecule has 0 radical (unpaired) electrons. The molecule has 19 heavy (non-hydrogen) atoms. The molecule has 1 aromatic carbocycles. The molecule has 0 bridgehead atoms. The van der Waals surface area contributed by atoms with E-state index in [4.69, 9.17) is 4.74 Å². The zero-order valence-corrected chi connectivity index (χ0v) is 10.8. The van der Waals surface area contributed by atoms with Crippen LogP contribution < -0.4 is 9.64 Å². The van der Waals surface area contributed by atoms with Gasteiger partial charge in [0.1, 0.15) is 5.25 Å². The highest BCUT2D eigenvalue weighted by molar-refractivity contribution is 7.87. The van der Waals surface area contributed by atoms with E-state index in [1.807, 2.05) is 0 Å². The highest BCUT2D eigenvalue weighted by Crippen LogP contribution is 2.29. The van der Waals surface area contributed by atoms with E-state index in [9.17, 15) is 21.5 Å². The lowest BCUT2D eigenvalue weighted by Crippen LogP contribution is -2.26. The molecule has 2 rings (SSSR count). The van der Waals surface area contributed by atoms with Gasteiger partial charge in [0.25, 0.3) is 0 Å². The zero-order chi connectivity index (χ0) is 14.2. The summed E-state index contributed by atoms with van der Waals surface area (Å²) >= 11 is 0. The minimum atomic E-state index is -4.78. The number of anilines is 1. The molecule has 104 valence electrons. The quantitative estimate of drug-likeness (QED) is 0.786. The number of carbonyl (C=O) groups excluding carboxylic acids is 1. The maximum atomic E-state index is 13.5. The summed E-state index contributed by atoms with van der Waals surface area (Å²) in [5.41, 5.74) is 0.175. The van der Waals surface area contributed by atoms with Crippen LogP contribution in [0.5, 0.6) is 5.75 Å². The number of ether oxygens (including phenoxy) is 1. The summed E-state index contributed by atoms with van der Waals surface area (Å²) in [5, 5.41) is -1.40. The summed E-state index contributed by atoms with van der Waals surface area (Å²) in [5.74, 6) is -1.24. The first-order valence-corrected chi connectivity index (χ1v) is 6.85. The summed E-state index contributed by atoms with van der Waals surface area (Å²) in [6, 6.07) is 3.77. The first-order valence-electron chi connectivity index (χ1n) is 5.40. The molecule has 1 aliphatic heterocycles. The Morgan fingerprint density at radius 1 is 1.42 bits per heavy atom. The van der Waals surface area contributed by atoms with Gasteiger partial charge in [-0.2, -0.15) is 8.42 Å². The van der Waals surface area contributed by atoms with Crippen molar-refractivity contribution >= 4 is 21.8 Å². The standard InChI is InChI=1S/C11H11F2NO4S/c1-18-10-3-2-7(4-9(10)12)14-6-8(5-11(14)15)19(13,16)17/h2-4,8H,5-6H2,1H3. The first kappa shape index (κ1) is 13.7. The second-order valence-corrected chi connectivity index (χ2v) is 5.74. The number of halogens is 2. The van der Waals surface area contributed by atoms with Gasteiger partial charge in [-0.1, -0.05) is 0 Å². The van der Waals surface area contributed by atoms with Crippen molar-refractivity contribution in [3.8, 4) is 5.75 Å². The average Bonchev–Trinajstić information content (AvgIpc) is 2.71. The number of rotatable bonds is 3. The third kappa shape index (κ3) is 2.67. The van der Waals surface area contributed by atoms with E-state index in [0.29, 0.717) is 0 Å². The van der Waals surface area contributed by atoms with E-state index in [1.54, 1.807) is 0 Å². The van der Waals surface area contributed by atoms with E-state index in [1.165, 1.54) is 19.2 Å². The normalized spacial score (nSPS) is 19.8. The molecule has 0 saturated carbocycles. The fraction of sp³-hybridized carbons (Fsp3) is 0.364. The number of nitrogens with zero attached hydrogens (tertiary/aromatic N) is 1. The van der Waals surface area contributed by atoms with Gasteiger partial charge in [0, 0.05) is 24.7 Å². The molecule has 0 aliphatic carbocycles. The van der Waals surface area contributed by atoms with E-state index in [0.717, 1.165) is 11.0 Å². The lowest BCUT2D eigenvalue weighted by Gasteiger charge is -2.16. The molecule has 1 atom stereocenters. The van der Waals surface area contributed by atoms with Gasteiger partial charge in [0.2, 0.25) is 5.91 Å². The molecule has 0 spiro atoms. The molecular weight excluding hydrogens is 280 g/mol. The van der Waals surface area contributed by atoms with Crippen molar-refractivity contribution in [2.75, 3.05) is 18.6 Å². The van der Waals surface area contributed by atoms with Crippen LogP contribution in [0.1, 0.15) is 6.42 Å². The van der Waals surface area contributed by atoms with Crippen molar-refractivity contribution in [1.82, 2.24) is 0 Å². The number of carbonyl (C=O) groups is 1. The largest absolute Gasteiger partial charge is 0.494 e. The SMILES string of the molecule is COc1ccc(N2CC(S(=O)(=O)F)CC2=O)cc1F. The van der Waals surface area contributed by atoms with Gasteiger partial charge in [-0.3, -0.25) is 4.79 Å². The first-order chi connectivity index (χ1) is 8.82. The summed E-state index contributed by atoms with van der Waals surface area (Å²) in [6.07, 6.45) is -0.438. The third-order valence-electron chi connectivity index (χ3n) is 2.93. The lowest BCUT2D eigenvalue weighted by molar-refractivity contribution is -0.117. The van der Waals surface area contributed by atoms with Crippen LogP contribution in [-0.2, 0) is 15.0 Å². The molecule has 8 heteroatoms. The fourth-order valence-corrected chi connectivity index (χ4v) is 2.60. The molecule has 1 aliphatic rings. The Balaban J connectivity index is 2.28. The molecule has 1 fully saturated rings. The second kappa shape index (κ2) is 4.76. The van der Waals surface area contributed by atoms with Gasteiger partial charge in [0.05, 0.1) is 7.11 Å². The van der Waals surface area contributed by atoms with Gasteiger partial charge in [-0.15, -0.1) is 3.89 Å². The minimum absolute atomic E-state index is 0.00468. The summed E-state index contributed by atoms with van der Waals surface area (Å²) in [7, 11) is -3.48. The third-order valence-corrected chi connectivity index (χ3v) is 4.05. The van der Waals surface area contributed by atoms with Crippen molar-refractivity contribution in [1.29, 1.82) is 0 Å². The monoisotopic (exact) mass is 291 g/mol. The average molecular weight is 291 g/mol. The van der Waals surface area contributed by atoms with Crippen LogP contribution in [0.4, 0.5) is 14.0 Å². The Labute approximate surface area is 109 Å². The fourth-order valence-electron chi connectivity index (χ4n) is 1.94. The molecule has 1 saturated heterocycles. The Bertz CT molecular complexity index is 617. The summed E-state index contributed by atoms with van der Waals surface area (Å²) in [4.78, 5) is 12.7. The Morgan fingerprint density at radius 3 is 2.58 bits per heavy atom. The maximum Gasteiger partial charge on any atom is 0.307 e. The molecule has 0 aromatic heterocycles. The Morgan fingerprint density at radius 2 is 2.11 bits per heavy atom. The van der Waals surface area contributed by atoms with Gasteiger partial charge in [-0.25, -0.2) is 4.39 Å². The predicted molar refractivity (Wildman–Crippen MR) is 63.7 cm³/mol. The van der Waals surface area contributed by atoms with Crippen molar-refractivity contribution in [3.05, 3.63) is 24.0 Å². The van der Waals surface area contributed by atoms with E-state index in [2.05, 4.69) is 0 Å². The number of hydrogen-bond donors (Lipinski definition) is 0. The van der Waals surface area contributed by atoms with Crippen LogP contribution >= 0.6 is 0 Å². The Hall–Kier alpha value is -1.70. The minimum Gasteiger partial charge on any atom is -0.494 e. The molecular formula is C11H11F2NO4S. The molecule has 1 aromatic rings. The number of benzene rings is 1. The van der Waals surface area contributed by atoms with Gasteiger partial charge in [-0.05, 0) is 12.1 Å². The molecule has 1 unspecified atom stereocenters. The second-order valence-electron chi connectivity index (χ2n) is 4.12. The maximum absolute atomic E-state index is 13.5. The number of methoxy groups -OCH3 is 1. The van der Waals surface area contributed by atoms with Crippen molar-refractivity contribution in [3.63, 3.8) is 0 Å². The zero-order valence-electron chi connectivity index (χ0n) is 9.97. The van der Waals surface area contributed by atoms with Crippen molar-refractivity contribution in [2.24, 2.45) is 0 Å². The highest BCUT2D eigenvalue weighted by Gasteiger charge is 2.39. The molecule has 1 heterocycles. The molecule has 5 nitrogen and oxygen atoms in total. The smallest absolute Gasteiger partial charge is 0.307 e. The summed E-state index contributed by atoms with van der Waals surface area (Å²) in [6.45, 7) is -0.316. The van der Waals surface area contributed by atoms with Crippen LogP contribution in [0, 0.1) is 5.82 Å². The van der Waals surface area contributed by atoms with Crippen molar-refractivity contribution in [2.45, 2.75) is 11.7 Å². The van der Waals surface area contributed by atoms with Crippen LogP contribution in [-0.4, -0.2) is 33.2 Å². The van der Waals surface area contributed by atoms with E-state index < -0.39 is 33.6 Å². The highest BCUT2D eigenvalue weighted by atomic mass is 32.3. The van der Waals surface area contributed by atoms with E-state index in [-0.39, 0.29) is 18.0 Å².